The fraction of sp³-hybridized carbons (Fsp3) is 0.500. The maximum Gasteiger partial charge on any atom is 0.227 e. The highest BCUT2D eigenvalue weighted by Gasteiger charge is 2.32. The molecule has 1 aromatic carbocycles. The number of aromatic nitrogens is 2. The Bertz CT molecular complexity index is 745. The zero-order valence-corrected chi connectivity index (χ0v) is 16.7. The molecule has 0 saturated carbocycles. The van der Waals surface area contributed by atoms with Gasteiger partial charge in [0.15, 0.2) is 0 Å². The zero-order valence-electron chi connectivity index (χ0n) is 16.7. The highest BCUT2D eigenvalue weighted by Crippen LogP contribution is 2.20. The molecule has 2 aromatic rings. The molecular weight excluding hydrogens is 352 g/mol. The average Bonchev–Trinajstić information content (AvgIpc) is 3.24. The van der Waals surface area contributed by atoms with Crippen LogP contribution in [-0.2, 0) is 22.6 Å². The quantitative estimate of drug-likeness (QED) is 0.670. The number of likely N-dealkylation sites (tertiary alicyclic amines) is 1. The minimum atomic E-state index is -0.0907. The summed E-state index contributed by atoms with van der Waals surface area (Å²) in [5.41, 5.74) is 1.29. The normalized spacial score (nSPS) is 17.0. The highest BCUT2D eigenvalue weighted by molar-refractivity contribution is 5.83. The predicted molar refractivity (Wildman–Crippen MR) is 109 cm³/mol. The molecule has 1 aliphatic rings. The number of amides is 2. The van der Waals surface area contributed by atoms with Crippen molar-refractivity contribution in [1.29, 1.82) is 0 Å². The van der Waals surface area contributed by atoms with Crippen molar-refractivity contribution in [2.45, 2.75) is 39.2 Å². The Kier molecular flexibility index (Phi) is 7.23. The van der Waals surface area contributed by atoms with E-state index in [0.717, 1.165) is 19.4 Å². The molecule has 1 aromatic heterocycles. The first-order valence-corrected chi connectivity index (χ1v) is 10.2. The summed E-state index contributed by atoms with van der Waals surface area (Å²) < 4.78 is 1.84. The van der Waals surface area contributed by atoms with Crippen LogP contribution in [0.1, 0.15) is 31.7 Å². The van der Waals surface area contributed by atoms with Gasteiger partial charge < -0.3 is 9.80 Å². The number of rotatable bonds is 9. The number of benzene rings is 1. The van der Waals surface area contributed by atoms with Crippen molar-refractivity contribution in [1.82, 2.24) is 19.6 Å². The second-order valence-electron chi connectivity index (χ2n) is 7.35. The molecule has 0 bridgehead atoms. The number of piperidine rings is 1. The molecule has 1 aliphatic heterocycles. The van der Waals surface area contributed by atoms with Gasteiger partial charge in [-0.3, -0.25) is 14.3 Å². The van der Waals surface area contributed by atoms with Crippen LogP contribution in [0.2, 0.25) is 0 Å². The third-order valence-electron chi connectivity index (χ3n) is 5.44. The second-order valence-corrected chi connectivity index (χ2v) is 7.35. The van der Waals surface area contributed by atoms with Gasteiger partial charge >= 0.3 is 0 Å². The summed E-state index contributed by atoms with van der Waals surface area (Å²) in [5, 5.41) is 4.20. The second kappa shape index (κ2) is 10.1. The van der Waals surface area contributed by atoms with Gasteiger partial charge in [0.05, 0.1) is 12.5 Å². The van der Waals surface area contributed by atoms with E-state index in [4.69, 9.17) is 0 Å². The van der Waals surface area contributed by atoms with Crippen LogP contribution in [-0.4, -0.2) is 57.6 Å². The van der Waals surface area contributed by atoms with Crippen molar-refractivity contribution in [2.75, 3.05) is 26.2 Å². The first-order chi connectivity index (χ1) is 13.7. The van der Waals surface area contributed by atoms with Crippen molar-refractivity contribution in [3.8, 4) is 0 Å². The molecule has 0 N–H and O–H groups in total. The monoisotopic (exact) mass is 382 g/mol. The van der Waals surface area contributed by atoms with Gasteiger partial charge in [0, 0.05) is 45.0 Å². The molecule has 0 aliphatic carbocycles. The third-order valence-corrected chi connectivity index (χ3v) is 5.44. The molecule has 28 heavy (non-hydrogen) atoms. The maximum atomic E-state index is 13.0. The Morgan fingerprint density at radius 1 is 1.21 bits per heavy atom. The number of carbonyl (C=O) groups is 2. The van der Waals surface area contributed by atoms with E-state index in [1.54, 1.807) is 6.20 Å². The minimum absolute atomic E-state index is 0.0907. The van der Waals surface area contributed by atoms with E-state index in [-0.39, 0.29) is 17.7 Å². The van der Waals surface area contributed by atoms with Gasteiger partial charge in [-0.05, 0) is 37.8 Å². The molecule has 1 saturated heterocycles. The van der Waals surface area contributed by atoms with Crippen LogP contribution in [0.3, 0.4) is 0 Å². The Hall–Kier alpha value is -2.63. The molecule has 6 heteroatoms. The van der Waals surface area contributed by atoms with E-state index in [0.29, 0.717) is 39.0 Å². The molecule has 2 heterocycles. The van der Waals surface area contributed by atoms with E-state index in [2.05, 4.69) is 17.2 Å². The van der Waals surface area contributed by atoms with Gasteiger partial charge in [-0.15, -0.1) is 0 Å². The molecule has 150 valence electrons. The number of hydrogen-bond donors (Lipinski definition) is 0. The van der Waals surface area contributed by atoms with E-state index >= 15 is 0 Å². The van der Waals surface area contributed by atoms with Gasteiger partial charge in [0.1, 0.15) is 0 Å². The number of aryl methyl sites for hydroxylation is 1. The Balaban J connectivity index is 1.50. The van der Waals surface area contributed by atoms with Gasteiger partial charge in [0.2, 0.25) is 11.8 Å². The van der Waals surface area contributed by atoms with Gasteiger partial charge in [-0.1, -0.05) is 30.3 Å². The van der Waals surface area contributed by atoms with Crippen molar-refractivity contribution in [2.24, 2.45) is 5.92 Å². The Labute approximate surface area is 167 Å². The van der Waals surface area contributed by atoms with Gasteiger partial charge in [0.25, 0.3) is 0 Å². The topological polar surface area (TPSA) is 58.4 Å². The van der Waals surface area contributed by atoms with Crippen LogP contribution < -0.4 is 0 Å². The smallest absolute Gasteiger partial charge is 0.227 e. The lowest BCUT2D eigenvalue weighted by Crippen LogP contribution is -2.47. The van der Waals surface area contributed by atoms with E-state index in [1.807, 2.05) is 51.9 Å². The maximum absolute atomic E-state index is 13.0. The summed E-state index contributed by atoms with van der Waals surface area (Å²) in [6, 6.07) is 12.2. The first-order valence-electron chi connectivity index (χ1n) is 10.2. The van der Waals surface area contributed by atoms with E-state index in [9.17, 15) is 9.59 Å². The molecule has 0 spiro atoms. The SMILES string of the molecule is CCN(CCn1cccn1)C(=O)[C@@H]1CCC(=O)N(CCCc2ccccc2)C1. The lowest BCUT2D eigenvalue weighted by molar-refractivity contribution is -0.143. The largest absolute Gasteiger partial charge is 0.342 e. The molecule has 1 atom stereocenters. The molecular formula is C22H30N4O2. The van der Waals surface area contributed by atoms with Crippen LogP contribution in [0.25, 0.3) is 0 Å². The fourth-order valence-corrected chi connectivity index (χ4v) is 3.79. The fourth-order valence-electron chi connectivity index (χ4n) is 3.79. The lowest BCUT2D eigenvalue weighted by atomic mass is 9.95. The Morgan fingerprint density at radius 2 is 2.04 bits per heavy atom. The summed E-state index contributed by atoms with van der Waals surface area (Å²) in [6.45, 7) is 5.29. The van der Waals surface area contributed by atoms with Crippen LogP contribution in [0.4, 0.5) is 0 Å². The molecule has 0 unspecified atom stereocenters. The van der Waals surface area contributed by atoms with Crippen molar-refractivity contribution >= 4 is 11.8 Å². The zero-order chi connectivity index (χ0) is 19.8. The predicted octanol–water partition coefficient (Wildman–Crippen LogP) is 2.60. The van der Waals surface area contributed by atoms with Gasteiger partial charge in [-0.25, -0.2) is 0 Å². The highest BCUT2D eigenvalue weighted by atomic mass is 16.2. The van der Waals surface area contributed by atoms with Gasteiger partial charge in [-0.2, -0.15) is 5.10 Å². The molecule has 6 nitrogen and oxygen atoms in total. The molecule has 1 fully saturated rings. The summed E-state index contributed by atoms with van der Waals surface area (Å²) in [6.07, 6.45) is 6.66. The summed E-state index contributed by atoms with van der Waals surface area (Å²) in [4.78, 5) is 29.1. The van der Waals surface area contributed by atoms with E-state index in [1.165, 1.54) is 5.56 Å². The number of hydrogen-bond acceptors (Lipinski definition) is 3. The number of carbonyl (C=O) groups excluding carboxylic acids is 2. The summed E-state index contributed by atoms with van der Waals surface area (Å²) >= 11 is 0. The first kappa shape index (κ1) is 20.1. The number of nitrogens with zero attached hydrogens (tertiary/aromatic N) is 4. The molecule has 2 amide bonds. The molecule has 3 rings (SSSR count). The average molecular weight is 383 g/mol. The Morgan fingerprint density at radius 3 is 2.75 bits per heavy atom. The van der Waals surface area contributed by atoms with Crippen molar-refractivity contribution in [3.05, 3.63) is 54.4 Å². The summed E-state index contributed by atoms with van der Waals surface area (Å²) in [5.74, 6) is 0.249. The van der Waals surface area contributed by atoms with Crippen LogP contribution in [0, 0.1) is 5.92 Å². The lowest BCUT2D eigenvalue weighted by Gasteiger charge is -2.34. The van der Waals surface area contributed by atoms with Crippen LogP contribution >= 0.6 is 0 Å². The molecule has 0 radical (unpaired) electrons. The van der Waals surface area contributed by atoms with Crippen molar-refractivity contribution in [3.63, 3.8) is 0 Å². The van der Waals surface area contributed by atoms with E-state index < -0.39 is 0 Å². The minimum Gasteiger partial charge on any atom is -0.342 e. The summed E-state index contributed by atoms with van der Waals surface area (Å²) in [7, 11) is 0. The number of likely N-dealkylation sites (N-methyl/N-ethyl adjacent to an activating group) is 1. The van der Waals surface area contributed by atoms with Crippen LogP contribution in [0.5, 0.6) is 0 Å². The van der Waals surface area contributed by atoms with Crippen LogP contribution in [0.15, 0.2) is 48.8 Å². The third kappa shape index (κ3) is 5.44. The standard InChI is InChI=1S/C22H30N4O2/c1-2-24(16-17-26-15-7-13-23-26)22(28)20-11-12-21(27)25(18-20)14-6-10-19-8-4-3-5-9-19/h3-5,7-9,13,15,20H,2,6,10-12,14,16-18H2,1H3/t20-/m1/s1. The van der Waals surface area contributed by atoms with Crippen molar-refractivity contribution < 1.29 is 9.59 Å².